The van der Waals surface area contributed by atoms with Crippen LogP contribution in [-0.2, 0) is 6.54 Å². The van der Waals surface area contributed by atoms with E-state index in [1.165, 1.54) is 6.33 Å². The van der Waals surface area contributed by atoms with Gasteiger partial charge < -0.3 is 15.4 Å². The highest BCUT2D eigenvalue weighted by Gasteiger charge is 2.08. The van der Waals surface area contributed by atoms with Crippen LogP contribution in [0.2, 0.25) is 0 Å². The van der Waals surface area contributed by atoms with Gasteiger partial charge in [0, 0.05) is 24.8 Å². The lowest BCUT2D eigenvalue weighted by Crippen LogP contribution is -2.23. The van der Waals surface area contributed by atoms with Gasteiger partial charge in [0.05, 0.1) is 7.11 Å². The Kier molecular flexibility index (Phi) is 4.18. The SMILES string of the molecule is CCN(Cc1cccc(N)c1)c1cc(OC)ncn1. The molecule has 0 spiro atoms. The molecular formula is C14H18N4O. The molecule has 1 aromatic carbocycles. The molecule has 5 heteroatoms. The van der Waals surface area contributed by atoms with Gasteiger partial charge in [0.2, 0.25) is 5.88 Å². The van der Waals surface area contributed by atoms with Crippen LogP contribution in [0.15, 0.2) is 36.7 Å². The number of aromatic nitrogens is 2. The highest BCUT2D eigenvalue weighted by atomic mass is 16.5. The van der Waals surface area contributed by atoms with Crippen molar-refractivity contribution in [3.05, 3.63) is 42.2 Å². The Hall–Kier alpha value is -2.30. The minimum Gasteiger partial charge on any atom is -0.481 e. The number of nitrogens with zero attached hydrogens (tertiary/aromatic N) is 3. The number of hydrogen-bond acceptors (Lipinski definition) is 5. The highest BCUT2D eigenvalue weighted by molar-refractivity contribution is 5.45. The standard InChI is InChI=1S/C14H18N4O/c1-3-18(9-11-5-4-6-12(15)7-11)13-8-14(19-2)17-10-16-13/h4-8,10H,3,9,15H2,1-2H3. The second-order valence-electron chi connectivity index (χ2n) is 4.18. The second-order valence-corrected chi connectivity index (χ2v) is 4.18. The van der Waals surface area contributed by atoms with Gasteiger partial charge in [-0.15, -0.1) is 0 Å². The molecule has 0 amide bonds. The normalized spacial score (nSPS) is 10.2. The van der Waals surface area contributed by atoms with Crippen LogP contribution in [-0.4, -0.2) is 23.6 Å². The van der Waals surface area contributed by atoms with Gasteiger partial charge in [-0.3, -0.25) is 0 Å². The maximum absolute atomic E-state index is 5.80. The van der Waals surface area contributed by atoms with Crippen LogP contribution in [0.3, 0.4) is 0 Å². The van der Waals surface area contributed by atoms with Crippen molar-refractivity contribution in [3.63, 3.8) is 0 Å². The second kappa shape index (κ2) is 6.04. The smallest absolute Gasteiger partial charge is 0.218 e. The van der Waals surface area contributed by atoms with Crippen molar-refractivity contribution < 1.29 is 4.74 Å². The fourth-order valence-electron chi connectivity index (χ4n) is 1.88. The van der Waals surface area contributed by atoms with E-state index in [0.717, 1.165) is 30.2 Å². The first-order valence-corrected chi connectivity index (χ1v) is 6.18. The monoisotopic (exact) mass is 258 g/mol. The lowest BCUT2D eigenvalue weighted by atomic mass is 10.2. The van der Waals surface area contributed by atoms with E-state index in [1.54, 1.807) is 7.11 Å². The molecule has 2 rings (SSSR count). The number of anilines is 2. The minimum atomic E-state index is 0.566. The molecule has 19 heavy (non-hydrogen) atoms. The van der Waals surface area contributed by atoms with E-state index >= 15 is 0 Å². The Morgan fingerprint density at radius 3 is 2.79 bits per heavy atom. The van der Waals surface area contributed by atoms with Crippen molar-refractivity contribution in [3.8, 4) is 5.88 Å². The average Bonchev–Trinajstić information content (AvgIpc) is 2.45. The first-order valence-electron chi connectivity index (χ1n) is 6.18. The van der Waals surface area contributed by atoms with Crippen LogP contribution >= 0.6 is 0 Å². The van der Waals surface area contributed by atoms with Crippen molar-refractivity contribution in [2.45, 2.75) is 13.5 Å². The van der Waals surface area contributed by atoms with Crippen LogP contribution < -0.4 is 15.4 Å². The Balaban J connectivity index is 2.19. The fraction of sp³-hybridized carbons (Fsp3) is 0.286. The summed E-state index contributed by atoms with van der Waals surface area (Å²) in [5.41, 5.74) is 7.72. The van der Waals surface area contributed by atoms with Gasteiger partial charge >= 0.3 is 0 Å². The Bertz CT molecular complexity index is 544. The van der Waals surface area contributed by atoms with E-state index in [1.807, 2.05) is 24.3 Å². The summed E-state index contributed by atoms with van der Waals surface area (Å²) in [5.74, 6) is 1.41. The van der Waals surface area contributed by atoms with Crippen molar-refractivity contribution in [2.75, 3.05) is 24.3 Å². The summed E-state index contributed by atoms with van der Waals surface area (Å²) in [5, 5.41) is 0. The summed E-state index contributed by atoms with van der Waals surface area (Å²) in [4.78, 5) is 10.4. The Morgan fingerprint density at radius 1 is 1.26 bits per heavy atom. The topological polar surface area (TPSA) is 64.3 Å². The van der Waals surface area contributed by atoms with E-state index in [-0.39, 0.29) is 0 Å². The summed E-state index contributed by atoms with van der Waals surface area (Å²) in [6.07, 6.45) is 1.51. The fourth-order valence-corrected chi connectivity index (χ4v) is 1.88. The third kappa shape index (κ3) is 3.34. The van der Waals surface area contributed by atoms with E-state index in [2.05, 4.69) is 27.9 Å². The first kappa shape index (κ1) is 13.1. The number of methoxy groups -OCH3 is 1. The third-order valence-electron chi connectivity index (χ3n) is 2.87. The molecule has 2 N–H and O–H groups in total. The molecule has 0 radical (unpaired) electrons. The van der Waals surface area contributed by atoms with Gasteiger partial charge in [0.15, 0.2) is 0 Å². The van der Waals surface area contributed by atoms with Crippen LogP contribution in [0.4, 0.5) is 11.5 Å². The van der Waals surface area contributed by atoms with Gasteiger partial charge in [-0.25, -0.2) is 9.97 Å². The zero-order valence-corrected chi connectivity index (χ0v) is 11.2. The summed E-state index contributed by atoms with van der Waals surface area (Å²) >= 11 is 0. The molecule has 1 aromatic heterocycles. The number of rotatable bonds is 5. The van der Waals surface area contributed by atoms with E-state index < -0.39 is 0 Å². The molecule has 0 unspecified atom stereocenters. The summed E-state index contributed by atoms with van der Waals surface area (Å²) in [7, 11) is 1.60. The molecule has 5 nitrogen and oxygen atoms in total. The van der Waals surface area contributed by atoms with Crippen molar-refractivity contribution in [2.24, 2.45) is 0 Å². The molecule has 100 valence electrons. The molecule has 0 bridgehead atoms. The molecule has 0 aliphatic carbocycles. The molecule has 1 heterocycles. The quantitative estimate of drug-likeness (QED) is 0.832. The Labute approximate surface area is 113 Å². The summed E-state index contributed by atoms with van der Waals surface area (Å²) < 4.78 is 5.12. The van der Waals surface area contributed by atoms with Crippen LogP contribution in [0.25, 0.3) is 0 Å². The van der Waals surface area contributed by atoms with E-state index in [0.29, 0.717) is 5.88 Å². The van der Waals surface area contributed by atoms with Gasteiger partial charge in [-0.2, -0.15) is 0 Å². The van der Waals surface area contributed by atoms with Gasteiger partial charge in [0.1, 0.15) is 12.1 Å². The van der Waals surface area contributed by atoms with Crippen molar-refractivity contribution in [1.29, 1.82) is 0 Å². The van der Waals surface area contributed by atoms with E-state index in [9.17, 15) is 0 Å². The maximum Gasteiger partial charge on any atom is 0.218 e. The molecule has 0 aliphatic heterocycles. The highest BCUT2D eigenvalue weighted by Crippen LogP contribution is 2.18. The molecule has 2 aromatic rings. The largest absolute Gasteiger partial charge is 0.481 e. The van der Waals surface area contributed by atoms with E-state index in [4.69, 9.17) is 10.5 Å². The van der Waals surface area contributed by atoms with Gasteiger partial charge in [0.25, 0.3) is 0 Å². The van der Waals surface area contributed by atoms with Crippen LogP contribution in [0.1, 0.15) is 12.5 Å². The summed E-state index contributed by atoms with van der Waals surface area (Å²) in [6, 6.07) is 9.70. The molecule has 0 saturated heterocycles. The number of ether oxygens (including phenoxy) is 1. The average molecular weight is 258 g/mol. The minimum absolute atomic E-state index is 0.566. The number of hydrogen-bond donors (Lipinski definition) is 1. The third-order valence-corrected chi connectivity index (χ3v) is 2.87. The lowest BCUT2D eigenvalue weighted by molar-refractivity contribution is 0.396. The maximum atomic E-state index is 5.80. The Morgan fingerprint density at radius 2 is 2.11 bits per heavy atom. The molecule has 0 atom stereocenters. The molecule has 0 saturated carbocycles. The molecule has 0 aliphatic rings. The van der Waals surface area contributed by atoms with Gasteiger partial charge in [-0.1, -0.05) is 12.1 Å². The number of nitrogen functional groups attached to an aromatic ring is 1. The first-order chi connectivity index (χ1) is 9.22. The van der Waals surface area contributed by atoms with Crippen LogP contribution in [0.5, 0.6) is 5.88 Å². The zero-order valence-electron chi connectivity index (χ0n) is 11.2. The van der Waals surface area contributed by atoms with Gasteiger partial charge in [-0.05, 0) is 24.6 Å². The molecular weight excluding hydrogens is 240 g/mol. The lowest BCUT2D eigenvalue weighted by Gasteiger charge is -2.22. The van der Waals surface area contributed by atoms with Crippen LogP contribution in [0, 0.1) is 0 Å². The zero-order chi connectivity index (χ0) is 13.7. The number of benzene rings is 1. The van der Waals surface area contributed by atoms with Crippen molar-refractivity contribution >= 4 is 11.5 Å². The number of nitrogens with two attached hydrogens (primary N) is 1. The van der Waals surface area contributed by atoms with Crippen molar-refractivity contribution in [1.82, 2.24) is 9.97 Å². The predicted molar refractivity (Wildman–Crippen MR) is 76.2 cm³/mol. The molecule has 0 fully saturated rings. The summed E-state index contributed by atoms with van der Waals surface area (Å²) in [6.45, 7) is 3.68. The predicted octanol–water partition coefficient (Wildman–Crippen LogP) is 2.09.